The molecule has 0 unspecified atom stereocenters. The molecule has 4 N–H and O–H groups in total. The number of carbonyl (C=O) groups excluding carboxylic acids is 2. The van der Waals surface area contributed by atoms with Crippen molar-refractivity contribution in [2.75, 3.05) is 25.1 Å². The van der Waals surface area contributed by atoms with Crippen molar-refractivity contribution < 1.29 is 19.1 Å². The average molecular weight is 541 g/mol. The van der Waals surface area contributed by atoms with Gasteiger partial charge in [-0.25, -0.2) is 0 Å². The van der Waals surface area contributed by atoms with Crippen LogP contribution in [0.4, 0.5) is 5.69 Å². The summed E-state index contributed by atoms with van der Waals surface area (Å²) in [5.41, 5.74) is 6.33. The molecule has 0 spiro atoms. The van der Waals surface area contributed by atoms with Gasteiger partial charge < -0.3 is 25.8 Å². The minimum Gasteiger partial charge on any atom is -0.489 e. The number of benzene rings is 2. The molecular formula is C29H37ClN4O4. The molecule has 0 heterocycles. The molecule has 1 aliphatic rings. The van der Waals surface area contributed by atoms with Crippen molar-refractivity contribution in [3.05, 3.63) is 58.6 Å². The zero-order valence-electron chi connectivity index (χ0n) is 22.5. The molecule has 0 saturated heterocycles. The number of ether oxygens (including phenoxy) is 2. The number of nitrogens with zero attached hydrogens (tertiary/aromatic N) is 1. The summed E-state index contributed by atoms with van der Waals surface area (Å²) in [5, 5.41) is 16.0. The second-order valence-corrected chi connectivity index (χ2v) is 11.3. The Morgan fingerprint density at radius 2 is 1.74 bits per heavy atom. The highest BCUT2D eigenvalue weighted by Gasteiger charge is 2.64. The third-order valence-electron chi connectivity index (χ3n) is 7.12. The fourth-order valence-electron chi connectivity index (χ4n) is 5.46. The molecule has 1 saturated carbocycles. The zero-order valence-corrected chi connectivity index (χ0v) is 23.2. The first-order valence-electron chi connectivity index (χ1n) is 12.8. The highest BCUT2D eigenvalue weighted by atomic mass is 35.5. The lowest BCUT2D eigenvalue weighted by Gasteiger charge is -2.63. The Morgan fingerprint density at radius 3 is 2.34 bits per heavy atom. The summed E-state index contributed by atoms with van der Waals surface area (Å²) >= 11 is 6.18. The Bertz CT molecular complexity index is 1160. The molecule has 9 heteroatoms. The van der Waals surface area contributed by atoms with Crippen LogP contribution in [0.15, 0.2) is 42.5 Å². The summed E-state index contributed by atoms with van der Waals surface area (Å²) in [6, 6.07) is 14.5. The first-order chi connectivity index (χ1) is 18.0. The SMILES string of the molecule is CC1(C)[C@H](NC(=O)c2ccc(NCCCCCOCC(N)=O)cc2)C(C)(C)[C@@H]1Oc1ccc(C#N)c(Cl)c1. The highest BCUT2D eigenvalue weighted by Crippen LogP contribution is 2.55. The van der Waals surface area contributed by atoms with Crippen LogP contribution in [0.2, 0.25) is 5.02 Å². The fourth-order valence-corrected chi connectivity index (χ4v) is 5.67. The molecule has 0 aromatic heterocycles. The second-order valence-electron chi connectivity index (χ2n) is 10.9. The summed E-state index contributed by atoms with van der Waals surface area (Å²) in [6.45, 7) is 9.61. The van der Waals surface area contributed by atoms with Crippen LogP contribution in [0.3, 0.4) is 0 Å². The summed E-state index contributed by atoms with van der Waals surface area (Å²) in [5.74, 6) is 0.0236. The maximum absolute atomic E-state index is 13.1. The minimum absolute atomic E-state index is 0.0315. The van der Waals surface area contributed by atoms with E-state index in [-0.39, 0.29) is 35.5 Å². The van der Waals surface area contributed by atoms with Crippen LogP contribution >= 0.6 is 11.6 Å². The van der Waals surface area contributed by atoms with Crippen LogP contribution in [0.5, 0.6) is 5.75 Å². The van der Waals surface area contributed by atoms with Crippen LogP contribution in [0, 0.1) is 22.2 Å². The number of nitriles is 1. The molecule has 8 nitrogen and oxygen atoms in total. The maximum atomic E-state index is 13.1. The number of hydrogen-bond donors (Lipinski definition) is 3. The quantitative estimate of drug-likeness (QED) is 0.310. The van der Waals surface area contributed by atoms with Gasteiger partial charge in [-0.1, -0.05) is 39.3 Å². The van der Waals surface area contributed by atoms with Crippen molar-refractivity contribution in [3.8, 4) is 11.8 Å². The normalized spacial score (nSPS) is 19.1. The smallest absolute Gasteiger partial charge is 0.251 e. The summed E-state index contributed by atoms with van der Waals surface area (Å²) in [7, 11) is 0. The number of amides is 2. The molecule has 1 aliphatic carbocycles. The first-order valence-corrected chi connectivity index (χ1v) is 13.2. The van der Waals surface area contributed by atoms with Crippen molar-refractivity contribution in [2.45, 2.75) is 59.1 Å². The molecule has 3 rings (SSSR count). The van der Waals surface area contributed by atoms with Crippen molar-refractivity contribution in [2.24, 2.45) is 16.6 Å². The van der Waals surface area contributed by atoms with E-state index in [1.54, 1.807) is 18.2 Å². The standard InChI is InChI=1S/C29H37ClN4O4/c1-28(2)26(29(3,4)27(28)38-22-13-10-20(17-31)23(30)16-22)34-25(36)19-8-11-21(12-9-19)33-14-6-5-7-15-37-18-24(32)35/h8-13,16,26-27,33H,5-7,14-15,18H2,1-4H3,(H2,32,35)(H,34,36)/t26-,27+. The van der Waals surface area contributed by atoms with E-state index in [0.717, 1.165) is 31.5 Å². The number of hydrogen-bond acceptors (Lipinski definition) is 6. The van der Waals surface area contributed by atoms with E-state index in [1.165, 1.54) is 0 Å². The number of carbonyl (C=O) groups is 2. The number of unbranched alkanes of at least 4 members (excludes halogenated alkanes) is 2. The van der Waals surface area contributed by atoms with E-state index >= 15 is 0 Å². The largest absolute Gasteiger partial charge is 0.489 e. The summed E-state index contributed by atoms with van der Waals surface area (Å²) in [6.07, 6.45) is 2.65. The number of anilines is 1. The summed E-state index contributed by atoms with van der Waals surface area (Å²) in [4.78, 5) is 23.7. The zero-order chi connectivity index (χ0) is 27.9. The van der Waals surface area contributed by atoms with Crippen LogP contribution in [-0.2, 0) is 9.53 Å². The van der Waals surface area contributed by atoms with Gasteiger partial charge in [0.1, 0.15) is 24.5 Å². The van der Waals surface area contributed by atoms with Gasteiger partial charge in [-0.3, -0.25) is 9.59 Å². The van der Waals surface area contributed by atoms with E-state index in [9.17, 15) is 9.59 Å². The van der Waals surface area contributed by atoms with Gasteiger partial charge in [0.25, 0.3) is 5.91 Å². The van der Waals surface area contributed by atoms with E-state index in [2.05, 4.69) is 44.4 Å². The molecule has 1 fully saturated rings. The Labute approximate surface area is 229 Å². The van der Waals surface area contributed by atoms with Gasteiger partial charge in [0.2, 0.25) is 5.91 Å². The predicted octanol–water partition coefficient (Wildman–Crippen LogP) is 4.91. The van der Waals surface area contributed by atoms with Gasteiger partial charge in [0.15, 0.2) is 0 Å². The lowest BCUT2D eigenvalue weighted by atomic mass is 9.49. The average Bonchev–Trinajstić information content (AvgIpc) is 2.87. The van der Waals surface area contributed by atoms with Gasteiger partial charge in [0, 0.05) is 47.3 Å². The number of rotatable bonds is 13. The Kier molecular flexibility index (Phi) is 9.64. The van der Waals surface area contributed by atoms with Crippen molar-refractivity contribution in [1.82, 2.24) is 5.32 Å². The van der Waals surface area contributed by atoms with E-state index in [1.807, 2.05) is 24.3 Å². The Balaban J connectivity index is 1.49. The highest BCUT2D eigenvalue weighted by molar-refractivity contribution is 6.31. The predicted molar refractivity (Wildman–Crippen MR) is 148 cm³/mol. The van der Waals surface area contributed by atoms with Crippen LogP contribution in [0.1, 0.15) is 62.9 Å². The van der Waals surface area contributed by atoms with Gasteiger partial charge in [0.05, 0.1) is 10.6 Å². The van der Waals surface area contributed by atoms with E-state index < -0.39 is 5.91 Å². The van der Waals surface area contributed by atoms with Crippen LogP contribution in [-0.4, -0.2) is 43.7 Å². The number of primary amides is 1. The molecule has 2 aromatic rings. The lowest BCUT2D eigenvalue weighted by Crippen LogP contribution is -2.74. The fraction of sp³-hybridized carbons (Fsp3) is 0.483. The topological polar surface area (TPSA) is 126 Å². The molecule has 38 heavy (non-hydrogen) atoms. The Morgan fingerprint density at radius 1 is 1.05 bits per heavy atom. The van der Waals surface area contributed by atoms with Crippen LogP contribution in [0.25, 0.3) is 0 Å². The number of nitrogens with one attached hydrogen (secondary N) is 2. The van der Waals surface area contributed by atoms with E-state index in [0.29, 0.717) is 28.5 Å². The number of nitrogens with two attached hydrogens (primary N) is 1. The first kappa shape index (κ1) is 29.3. The monoisotopic (exact) mass is 540 g/mol. The van der Waals surface area contributed by atoms with Gasteiger partial charge in [-0.15, -0.1) is 0 Å². The summed E-state index contributed by atoms with van der Waals surface area (Å²) < 4.78 is 11.5. The minimum atomic E-state index is -0.451. The molecular weight excluding hydrogens is 504 g/mol. The van der Waals surface area contributed by atoms with Crippen molar-refractivity contribution in [1.29, 1.82) is 5.26 Å². The van der Waals surface area contributed by atoms with Crippen molar-refractivity contribution >= 4 is 29.1 Å². The van der Waals surface area contributed by atoms with Gasteiger partial charge >= 0.3 is 0 Å². The molecule has 204 valence electrons. The maximum Gasteiger partial charge on any atom is 0.251 e. The third kappa shape index (κ3) is 6.97. The number of halogens is 1. The molecule has 0 radical (unpaired) electrons. The van der Waals surface area contributed by atoms with Crippen molar-refractivity contribution in [3.63, 3.8) is 0 Å². The molecule has 2 aromatic carbocycles. The van der Waals surface area contributed by atoms with Gasteiger partial charge in [-0.2, -0.15) is 5.26 Å². The lowest BCUT2D eigenvalue weighted by molar-refractivity contribution is -0.164. The van der Waals surface area contributed by atoms with Crippen LogP contribution < -0.4 is 21.1 Å². The molecule has 2 amide bonds. The Hall–Kier alpha value is -3.28. The second kappa shape index (κ2) is 12.5. The van der Waals surface area contributed by atoms with Gasteiger partial charge in [-0.05, 0) is 55.7 Å². The molecule has 0 atom stereocenters. The third-order valence-corrected chi connectivity index (χ3v) is 7.43. The molecule has 0 bridgehead atoms. The molecule has 0 aliphatic heterocycles. The van der Waals surface area contributed by atoms with E-state index in [4.69, 9.17) is 32.1 Å².